The highest BCUT2D eigenvalue weighted by atomic mass is 16.4. The molecule has 3 heterocycles. The minimum absolute atomic E-state index is 0.0926. The molecule has 0 bridgehead atoms. The summed E-state index contributed by atoms with van der Waals surface area (Å²) in [5, 5.41) is 0. The number of fused-ring (bicyclic) bond motifs is 1. The summed E-state index contributed by atoms with van der Waals surface area (Å²) in [7, 11) is 0. The quantitative estimate of drug-likeness (QED) is 0.887. The number of aromatic amines is 1. The summed E-state index contributed by atoms with van der Waals surface area (Å²) in [6.45, 7) is 4.98. The summed E-state index contributed by atoms with van der Waals surface area (Å²) in [6.07, 6.45) is 3.14. The van der Waals surface area contributed by atoms with Crippen molar-refractivity contribution in [3.8, 4) is 0 Å². The van der Waals surface area contributed by atoms with E-state index in [0.29, 0.717) is 36.9 Å². The van der Waals surface area contributed by atoms with E-state index in [1.54, 1.807) is 11.2 Å². The molecule has 3 rings (SSSR count). The van der Waals surface area contributed by atoms with Crippen LogP contribution >= 0.6 is 0 Å². The van der Waals surface area contributed by atoms with Gasteiger partial charge < -0.3 is 14.3 Å². The van der Waals surface area contributed by atoms with Gasteiger partial charge in [-0.15, -0.1) is 0 Å². The number of H-pyrrole nitrogens is 1. The number of hydrogen-bond acceptors (Lipinski definition) is 4. The third-order valence-corrected chi connectivity index (χ3v) is 3.40. The van der Waals surface area contributed by atoms with Gasteiger partial charge in [-0.25, -0.2) is 9.97 Å². The van der Waals surface area contributed by atoms with Crippen molar-refractivity contribution in [1.82, 2.24) is 19.9 Å². The fraction of sp³-hybridized carbons (Fsp3) is 0.462. The van der Waals surface area contributed by atoms with Crippen LogP contribution < -0.4 is 0 Å². The number of carbonyl (C=O) groups excluding carboxylic acids is 1. The van der Waals surface area contributed by atoms with Crippen molar-refractivity contribution in [3.63, 3.8) is 0 Å². The monoisotopic (exact) mass is 260 g/mol. The Bertz CT molecular complexity index is 614. The minimum Gasteiger partial charge on any atom is -0.435 e. The number of hydrogen-bond donors (Lipinski definition) is 1. The van der Waals surface area contributed by atoms with E-state index in [1.165, 1.54) is 0 Å². The molecule has 0 radical (unpaired) electrons. The normalized spacial score (nSPS) is 14.5. The fourth-order valence-corrected chi connectivity index (χ4v) is 2.33. The highest BCUT2D eigenvalue weighted by molar-refractivity contribution is 5.92. The van der Waals surface area contributed by atoms with Crippen LogP contribution in [0.5, 0.6) is 0 Å². The zero-order valence-corrected chi connectivity index (χ0v) is 11.1. The molecule has 1 amide bonds. The topological polar surface area (TPSA) is 75.0 Å². The molecule has 100 valence electrons. The third-order valence-electron chi connectivity index (χ3n) is 3.40. The van der Waals surface area contributed by atoms with E-state index in [2.05, 4.69) is 15.0 Å². The van der Waals surface area contributed by atoms with E-state index in [0.717, 1.165) is 17.8 Å². The van der Waals surface area contributed by atoms with Crippen molar-refractivity contribution in [2.75, 3.05) is 6.54 Å². The number of aryl methyl sites for hydroxylation is 2. The van der Waals surface area contributed by atoms with Crippen LogP contribution in [-0.4, -0.2) is 32.3 Å². The predicted octanol–water partition coefficient (Wildman–Crippen LogP) is 1.47. The van der Waals surface area contributed by atoms with Gasteiger partial charge in [-0.2, -0.15) is 0 Å². The number of aromatic nitrogens is 3. The molecule has 0 atom stereocenters. The number of carbonyl (C=O) groups is 1. The Morgan fingerprint density at radius 3 is 3.16 bits per heavy atom. The van der Waals surface area contributed by atoms with Gasteiger partial charge in [0, 0.05) is 19.4 Å². The highest BCUT2D eigenvalue weighted by Crippen LogP contribution is 2.19. The Hall–Kier alpha value is -2.11. The van der Waals surface area contributed by atoms with Gasteiger partial charge in [-0.05, 0) is 6.92 Å². The van der Waals surface area contributed by atoms with Gasteiger partial charge in [0.05, 0.1) is 30.0 Å². The Balaban J connectivity index is 1.83. The van der Waals surface area contributed by atoms with E-state index in [1.807, 2.05) is 13.8 Å². The van der Waals surface area contributed by atoms with Crippen molar-refractivity contribution >= 4 is 5.91 Å². The van der Waals surface area contributed by atoms with Crippen molar-refractivity contribution in [1.29, 1.82) is 0 Å². The highest BCUT2D eigenvalue weighted by Gasteiger charge is 2.27. The summed E-state index contributed by atoms with van der Waals surface area (Å²) < 4.78 is 5.52. The summed E-state index contributed by atoms with van der Waals surface area (Å²) in [5.41, 5.74) is 2.72. The molecular weight excluding hydrogens is 244 g/mol. The number of nitrogens with zero attached hydrogens (tertiary/aromatic N) is 3. The van der Waals surface area contributed by atoms with Crippen LogP contribution in [0.1, 0.15) is 40.5 Å². The predicted molar refractivity (Wildman–Crippen MR) is 67.7 cm³/mol. The lowest BCUT2D eigenvalue weighted by atomic mass is 10.1. The number of imidazole rings is 1. The van der Waals surface area contributed by atoms with Crippen molar-refractivity contribution < 1.29 is 9.21 Å². The van der Waals surface area contributed by atoms with Gasteiger partial charge in [-0.1, -0.05) is 6.92 Å². The first-order valence-electron chi connectivity index (χ1n) is 6.45. The number of oxazole rings is 1. The maximum Gasteiger partial charge on any atom is 0.291 e. The lowest BCUT2D eigenvalue weighted by Gasteiger charge is -2.25. The van der Waals surface area contributed by atoms with Crippen molar-refractivity contribution in [2.24, 2.45) is 0 Å². The second kappa shape index (κ2) is 4.53. The van der Waals surface area contributed by atoms with E-state index in [-0.39, 0.29) is 5.91 Å². The van der Waals surface area contributed by atoms with Crippen LogP contribution in [0.2, 0.25) is 0 Å². The van der Waals surface area contributed by atoms with Crippen LogP contribution in [-0.2, 0) is 19.4 Å². The van der Waals surface area contributed by atoms with E-state index in [9.17, 15) is 4.79 Å². The van der Waals surface area contributed by atoms with Crippen LogP contribution in [0.3, 0.4) is 0 Å². The van der Waals surface area contributed by atoms with Gasteiger partial charge in [0.2, 0.25) is 5.76 Å². The molecule has 1 aliphatic rings. The van der Waals surface area contributed by atoms with E-state index in [4.69, 9.17) is 4.42 Å². The molecule has 6 heteroatoms. The largest absolute Gasteiger partial charge is 0.435 e. The van der Waals surface area contributed by atoms with Gasteiger partial charge in [0.15, 0.2) is 5.89 Å². The van der Waals surface area contributed by atoms with Gasteiger partial charge >= 0.3 is 0 Å². The lowest BCUT2D eigenvalue weighted by Crippen LogP contribution is -2.36. The molecule has 0 spiro atoms. The minimum atomic E-state index is -0.0926. The first-order valence-corrected chi connectivity index (χ1v) is 6.45. The Kier molecular flexibility index (Phi) is 2.85. The molecule has 0 saturated heterocycles. The summed E-state index contributed by atoms with van der Waals surface area (Å²) in [4.78, 5) is 25.8. The Morgan fingerprint density at radius 2 is 2.42 bits per heavy atom. The van der Waals surface area contributed by atoms with Crippen molar-refractivity contribution in [3.05, 3.63) is 35.1 Å². The van der Waals surface area contributed by atoms with Crippen LogP contribution in [0.25, 0.3) is 0 Å². The zero-order chi connectivity index (χ0) is 13.4. The van der Waals surface area contributed by atoms with Crippen LogP contribution in [0.15, 0.2) is 10.7 Å². The number of amides is 1. The van der Waals surface area contributed by atoms with E-state index < -0.39 is 0 Å². The second-order valence-electron chi connectivity index (χ2n) is 4.68. The zero-order valence-electron chi connectivity index (χ0n) is 11.1. The SMILES string of the molecule is CCc1nc(C)c(C(=O)N2CCc3nc[nH]c3C2)o1. The number of rotatable bonds is 2. The van der Waals surface area contributed by atoms with Gasteiger partial charge in [0.1, 0.15) is 0 Å². The average Bonchev–Trinajstić information content (AvgIpc) is 3.02. The maximum absolute atomic E-state index is 12.4. The first kappa shape index (κ1) is 12.0. The molecular formula is C13H16N4O2. The molecule has 0 fully saturated rings. The third kappa shape index (κ3) is 2.03. The lowest BCUT2D eigenvalue weighted by molar-refractivity contribution is 0.0696. The standard InChI is InChI=1S/C13H16N4O2/c1-3-11-16-8(2)12(19-11)13(18)17-5-4-9-10(6-17)15-7-14-9/h7H,3-6H2,1-2H3,(H,14,15). The number of nitrogens with one attached hydrogen (secondary N) is 1. The Labute approximate surface area is 110 Å². The van der Waals surface area contributed by atoms with E-state index >= 15 is 0 Å². The Morgan fingerprint density at radius 1 is 1.58 bits per heavy atom. The second-order valence-corrected chi connectivity index (χ2v) is 4.68. The van der Waals surface area contributed by atoms with Gasteiger partial charge in [0.25, 0.3) is 5.91 Å². The van der Waals surface area contributed by atoms with Crippen LogP contribution in [0.4, 0.5) is 0 Å². The smallest absolute Gasteiger partial charge is 0.291 e. The maximum atomic E-state index is 12.4. The molecule has 1 N–H and O–H groups in total. The molecule has 19 heavy (non-hydrogen) atoms. The molecule has 2 aromatic heterocycles. The van der Waals surface area contributed by atoms with Gasteiger partial charge in [-0.3, -0.25) is 4.79 Å². The molecule has 2 aromatic rings. The van der Waals surface area contributed by atoms with Crippen molar-refractivity contribution in [2.45, 2.75) is 33.2 Å². The van der Waals surface area contributed by atoms with Crippen LogP contribution in [0, 0.1) is 6.92 Å². The average molecular weight is 260 g/mol. The molecule has 0 saturated carbocycles. The molecule has 0 aliphatic carbocycles. The summed E-state index contributed by atoms with van der Waals surface area (Å²) in [5.74, 6) is 0.879. The summed E-state index contributed by atoms with van der Waals surface area (Å²) >= 11 is 0. The summed E-state index contributed by atoms with van der Waals surface area (Å²) in [6, 6.07) is 0. The fourth-order valence-electron chi connectivity index (χ4n) is 2.33. The molecule has 6 nitrogen and oxygen atoms in total. The molecule has 0 aromatic carbocycles. The first-order chi connectivity index (χ1) is 9.19. The molecule has 0 unspecified atom stereocenters. The molecule has 1 aliphatic heterocycles.